The molecule has 0 unspecified atom stereocenters. The maximum Gasteiger partial charge on any atom is 0.343 e. The number of aryl methyl sites for hydroxylation is 1. The predicted molar refractivity (Wildman–Crippen MR) is 186 cm³/mol. The number of amides is 3. The Morgan fingerprint density at radius 3 is 1.62 bits per heavy atom. The number of ketones is 1. The molecule has 52 heavy (non-hydrogen) atoms. The van der Waals surface area contributed by atoms with Gasteiger partial charge in [0.15, 0.2) is 5.78 Å². The summed E-state index contributed by atoms with van der Waals surface area (Å²) in [5.41, 5.74) is 4.95. The van der Waals surface area contributed by atoms with Gasteiger partial charge < -0.3 is 4.74 Å². The van der Waals surface area contributed by atoms with Crippen LogP contribution in [0.2, 0.25) is 0 Å². The number of carbonyl (C=O) groups excluding carboxylic acids is 5. The average Bonchev–Trinajstić information content (AvgIpc) is 3.43. The number of esters is 1. The van der Waals surface area contributed by atoms with Crippen LogP contribution in [0.1, 0.15) is 70.7 Å². The third kappa shape index (κ3) is 5.25. The molecule has 1 fully saturated rings. The Morgan fingerprint density at radius 1 is 0.673 bits per heavy atom. The zero-order valence-corrected chi connectivity index (χ0v) is 27.7. The van der Waals surface area contributed by atoms with Crippen molar-refractivity contribution in [3.05, 3.63) is 176 Å². The molecule has 3 amide bonds. The molecule has 11 nitrogen and oxygen atoms in total. The van der Waals surface area contributed by atoms with Crippen molar-refractivity contribution in [1.29, 1.82) is 0 Å². The topological polar surface area (TPSA) is 144 Å². The van der Waals surface area contributed by atoms with Gasteiger partial charge in [-0.3, -0.25) is 29.3 Å². The number of carbonyl (C=O) groups is 5. The summed E-state index contributed by atoms with van der Waals surface area (Å²) in [7, 11) is 0. The molecule has 0 N–H and O–H groups in total. The second kappa shape index (κ2) is 12.5. The Kier molecular flexibility index (Phi) is 7.83. The number of imide groups is 1. The van der Waals surface area contributed by atoms with Crippen LogP contribution in [0.15, 0.2) is 121 Å². The van der Waals surface area contributed by atoms with Crippen LogP contribution in [-0.4, -0.2) is 51.0 Å². The monoisotopic (exact) mass is 691 g/mol. The van der Waals surface area contributed by atoms with Crippen molar-refractivity contribution in [1.82, 2.24) is 10.0 Å². The van der Waals surface area contributed by atoms with Gasteiger partial charge >= 0.3 is 5.97 Å². The van der Waals surface area contributed by atoms with E-state index in [4.69, 9.17) is 4.74 Å². The van der Waals surface area contributed by atoms with Gasteiger partial charge in [0.2, 0.25) is 0 Å². The molecular formula is C41H29N3O8. The van der Waals surface area contributed by atoms with E-state index in [1.54, 1.807) is 24.3 Å². The molecule has 11 heteroatoms. The van der Waals surface area contributed by atoms with E-state index in [1.165, 1.54) is 36.4 Å². The number of hydrazine groups is 1. The van der Waals surface area contributed by atoms with Gasteiger partial charge in [-0.05, 0) is 77.7 Å². The first-order valence-corrected chi connectivity index (χ1v) is 16.7. The minimum absolute atomic E-state index is 0.0539. The molecule has 9 rings (SSSR count). The molecule has 0 radical (unpaired) electrons. The summed E-state index contributed by atoms with van der Waals surface area (Å²) in [4.78, 5) is 80.5. The molecule has 1 aliphatic heterocycles. The average molecular weight is 692 g/mol. The van der Waals surface area contributed by atoms with Crippen molar-refractivity contribution < 1.29 is 33.6 Å². The van der Waals surface area contributed by atoms with Crippen molar-refractivity contribution >= 4 is 35.2 Å². The first-order valence-electron chi connectivity index (χ1n) is 16.7. The van der Waals surface area contributed by atoms with Gasteiger partial charge in [-0.2, -0.15) is 5.01 Å². The number of non-ortho nitro benzene ring substituents is 1. The minimum Gasteiger partial charge on any atom is -0.423 e. The third-order valence-corrected chi connectivity index (χ3v) is 10.2. The lowest BCUT2D eigenvalue weighted by Gasteiger charge is -2.45. The van der Waals surface area contributed by atoms with Crippen LogP contribution < -0.4 is 4.74 Å². The highest BCUT2D eigenvalue weighted by atomic mass is 16.6. The number of nitrogens with zero attached hydrogens (tertiary/aromatic N) is 3. The number of ether oxygens (including phenoxy) is 1. The van der Waals surface area contributed by atoms with Crippen LogP contribution in [-0.2, 0) is 9.59 Å². The Balaban J connectivity index is 1.12. The van der Waals surface area contributed by atoms with Gasteiger partial charge in [0.1, 0.15) is 12.3 Å². The number of nitro benzene ring substituents is 1. The Bertz CT molecular complexity index is 2200. The SMILES string of the molecule is Cc1ccc(C(=O)Oc2ccc(C(=O)CN(C(=O)c3ccc([N+](=O)[O-])cc3)N3C(=O)[C@H]4C5c6ccccc6C(c6ccccc65)[C@@H]4C3=O)cc2)cc1. The van der Waals surface area contributed by atoms with E-state index in [9.17, 15) is 34.1 Å². The summed E-state index contributed by atoms with van der Waals surface area (Å²) in [5, 5.41) is 13.0. The summed E-state index contributed by atoms with van der Waals surface area (Å²) in [5.74, 6) is -5.55. The highest BCUT2D eigenvalue weighted by Crippen LogP contribution is 2.61. The van der Waals surface area contributed by atoms with Gasteiger partial charge in [0.05, 0.1) is 22.3 Å². The first kappa shape index (κ1) is 32.5. The highest BCUT2D eigenvalue weighted by molar-refractivity contribution is 6.11. The Hall–Kier alpha value is -6.75. The van der Waals surface area contributed by atoms with Crippen molar-refractivity contribution in [2.24, 2.45) is 11.8 Å². The molecule has 5 aromatic carbocycles. The van der Waals surface area contributed by atoms with Crippen LogP contribution in [0, 0.1) is 28.9 Å². The molecule has 3 aliphatic carbocycles. The maximum atomic E-state index is 14.5. The van der Waals surface area contributed by atoms with Crippen LogP contribution in [0.25, 0.3) is 0 Å². The molecule has 0 spiro atoms. The van der Waals surface area contributed by atoms with Crippen LogP contribution in [0.4, 0.5) is 5.69 Å². The highest BCUT2D eigenvalue weighted by Gasteiger charge is 2.63. The van der Waals surface area contributed by atoms with Crippen molar-refractivity contribution in [3.63, 3.8) is 0 Å². The third-order valence-electron chi connectivity index (χ3n) is 10.2. The maximum absolute atomic E-state index is 14.5. The van der Waals surface area contributed by atoms with Gasteiger partial charge in [0, 0.05) is 35.1 Å². The fourth-order valence-electron chi connectivity index (χ4n) is 7.80. The van der Waals surface area contributed by atoms with Crippen LogP contribution in [0.5, 0.6) is 5.75 Å². The van der Waals surface area contributed by atoms with E-state index in [0.29, 0.717) is 5.56 Å². The zero-order chi connectivity index (χ0) is 36.3. The lowest BCUT2D eigenvalue weighted by Crippen LogP contribution is -2.52. The summed E-state index contributed by atoms with van der Waals surface area (Å²) in [6.45, 7) is 1.21. The number of nitro groups is 1. The van der Waals surface area contributed by atoms with Gasteiger partial charge in [-0.25, -0.2) is 9.80 Å². The van der Waals surface area contributed by atoms with Crippen molar-refractivity contribution in [2.45, 2.75) is 18.8 Å². The van der Waals surface area contributed by atoms with Crippen LogP contribution in [0.3, 0.4) is 0 Å². The van der Waals surface area contributed by atoms with E-state index in [0.717, 1.165) is 50.0 Å². The van der Waals surface area contributed by atoms with Crippen LogP contribution >= 0.6 is 0 Å². The molecule has 2 bridgehead atoms. The molecule has 1 heterocycles. The summed E-state index contributed by atoms with van der Waals surface area (Å²) in [6.07, 6.45) is 0. The van der Waals surface area contributed by atoms with Gasteiger partial charge in [0.25, 0.3) is 23.4 Å². The molecular weight excluding hydrogens is 662 g/mol. The first-order chi connectivity index (χ1) is 25.1. The lowest BCUT2D eigenvalue weighted by molar-refractivity contribution is -0.384. The largest absolute Gasteiger partial charge is 0.423 e. The van der Waals surface area contributed by atoms with E-state index in [2.05, 4.69) is 0 Å². The summed E-state index contributed by atoms with van der Waals surface area (Å²) in [6, 6.07) is 32.8. The summed E-state index contributed by atoms with van der Waals surface area (Å²) >= 11 is 0. The van der Waals surface area contributed by atoms with Gasteiger partial charge in [-0.1, -0.05) is 66.2 Å². The van der Waals surface area contributed by atoms with E-state index < -0.39 is 64.6 Å². The summed E-state index contributed by atoms with van der Waals surface area (Å²) < 4.78 is 5.46. The van der Waals surface area contributed by atoms with Crippen molar-refractivity contribution in [3.8, 4) is 5.75 Å². The van der Waals surface area contributed by atoms with E-state index in [-0.39, 0.29) is 22.6 Å². The molecule has 4 aliphatic rings. The fourth-order valence-corrected chi connectivity index (χ4v) is 7.80. The molecule has 256 valence electrons. The zero-order valence-electron chi connectivity index (χ0n) is 27.7. The lowest BCUT2D eigenvalue weighted by atomic mass is 9.55. The number of rotatable bonds is 8. The second-order valence-electron chi connectivity index (χ2n) is 13.1. The van der Waals surface area contributed by atoms with E-state index >= 15 is 0 Å². The standard InChI is InChI=1S/C41H29N3O8/c1-23-10-12-26(13-11-23)41(49)52-28-20-16-24(17-21-28)33(45)22-42(38(46)25-14-18-27(19-15-25)44(50)51)43-39(47)36-34-29-6-2-3-7-30(29)35(37(36)40(43)48)32-9-5-4-8-31(32)34/h2-21,34-37H,22H2,1H3/t34?,35?,36-,37-/m0/s1. The number of hydrogen-bond donors (Lipinski definition) is 0. The quantitative estimate of drug-likeness (QED) is 0.0464. The van der Waals surface area contributed by atoms with Gasteiger partial charge in [-0.15, -0.1) is 0 Å². The molecule has 0 aromatic heterocycles. The predicted octanol–water partition coefficient (Wildman–Crippen LogP) is 6.25. The normalized spacial score (nSPS) is 19.4. The fraction of sp³-hybridized carbons (Fsp3) is 0.146. The molecule has 0 saturated carbocycles. The number of hydrogen-bond acceptors (Lipinski definition) is 8. The molecule has 1 saturated heterocycles. The number of benzene rings is 5. The van der Waals surface area contributed by atoms with E-state index in [1.807, 2.05) is 55.5 Å². The Labute approximate surface area is 297 Å². The number of Topliss-reactive ketones (excluding diaryl/α,β-unsaturated/α-hetero) is 1. The molecule has 2 atom stereocenters. The molecule has 5 aromatic rings. The minimum atomic E-state index is -0.852. The second-order valence-corrected chi connectivity index (χ2v) is 13.1. The Morgan fingerprint density at radius 2 is 1.13 bits per heavy atom. The van der Waals surface area contributed by atoms with Crippen molar-refractivity contribution in [2.75, 3.05) is 6.54 Å². The smallest absolute Gasteiger partial charge is 0.343 e.